The van der Waals surface area contributed by atoms with E-state index in [1.54, 1.807) is 24.3 Å². The summed E-state index contributed by atoms with van der Waals surface area (Å²) in [5.74, 6) is 0.751. The molecule has 1 heterocycles. The van der Waals surface area contributed by atoms with E-state index in [-0.39, 0.29) is 18.2 Å². The van der Waals surface area contributed by atoms with Crippen molar-refractivity contribution in [3.63, 3.8) is 0 Å². The van der Waals surface area contributed by atoms with Gasteiger partial charge in [-0.2, -0.15) is 0 Å². The van der Waals surface area contributed by atoms with Gasteiger partial charge in [0.25, 0.3) is 0 Å². The lowest BCUT2D eigenvalue weighted by Crippen LogP contribution is -2.18. The highest BCUT2D eigenvalue weighted by atomic mass is 16.6. The van der Waals surface area contributed by atoms with Crippen molar-refractivity contribution < 1.29 is 23.8 Å². The lowest BCUT2D eigenvalue weighted by atomic mass is 9.96. The molecule has 2 aromatic carbocycles. The van der Waals surface area contributed by atoms with E-state index < -0.39 is 5.97 Å². The molecule has 0 aliphatic carbocycles. The molecule has 6 heteroatoms. The molecule has 2 aromatic rings. The van der Waals surface area contributed by atoms with Crippen LogP contribution in [0.1, 0.15) is 35.2 Å². The fraction of sp³-hybridized carbons (Fsp3) is 0.300. The molecule has 1 unspecified atom stereocenters. The Labute approximate surface area is 152 Å². The van der Waals surface area contributed by atoms with Crippen LogP contribution in [0.5, 0.6) is 11.5 Å². The molecule has 1 aliphatic rings. The Morgan fingerprint density at radius 1 is 1.12 bits per heavy atom. The van der Waals surface area contributed by atoms with Crippen LogP contribution in [0.15, 0.2) is 42.5 Å². The van der Waals surface area contributed by atoms with Gasteiger partial charge in [-0.15, -0.1) is 0 Å². The number of hydrogen-bond acceptors (Lipinski definition) is 5. The first-order valence-corrected chi connectivity index (χ1v) is 8.45. The van der Waals surface area contributed by atoms with Gasteiger partial charge in [0.1, 0.15) is 13.2 Å². The molecule has 0 fully saturated rings. The van der Waals surface area contributed by atoms with Gasteiger partial charge in [0.15, 0.2) is 11.5 Å². The van der Waals surface area contributed by atoms with Crippen molar-refractivity contribution in [3.05, 3.63) is 53.6 Å². The predicted octanol–water partition coefficient (Wildman–Crippen LogP) is 3.38. The number of anilines is 1. The maximum atomic E-state index is 12.4. The van der Waals surface area contributed by atoms with Crippen LogP contribution in [-0.4, -0.2) is 32.2 Å². The normalized spacial score (nSPS) is 13.6. The second kappa shape index (κ2) is 7.91. The van der Waals surface area contributed by atoms with Crippen LogP contribution in [0.4, 0.5) is 5.69 Å². The van der Waals surface area contributed by atoms with Crippen LogP contribution in [0.3, 0.4) is 0 Å². The number of nitrogens with one attached hydrogen (secondary N) is 1. The fourth-order valence-electron chi connectivity index (χ4n) is 2.84. The van der Waals surface area contributed by atoms with Crippen molar-refractivity contribution in [2.45, 2.75) is 19.3 Å². The summed E-state index contributed by atoms with van der Waals surface area (Å²) >= 11 is 0. The Hall–Kier alpha value is -3.02. The highest BCUT2D eigenvalue weighted by molar-refractivity contribution is 6.01. The third-order valence-corrected chi connectivity index (χ3v) is 4.23. The quantitative estimate of drug-likeness (QED) is 0.833. The molecule has 0 bridgehead atoms. The molecule has 0 saturated heterocycles. The van der Waals surface area contributed by atoms with E-state index in [0.29, 0.717) is 30.2 Å². The zero-order valence-corrected chi connectivity index (χ0v) is 14.8. The van der Waals surface area contributed by atoms with Crippen LogP contribution in [-0.2, 0) is 9.53 Å². The van der Waals surface area contributed by atoms with E-state index in [0.717, 1.165) is 11.3 Å². The van der Waals surface area contributed by atoms with Crippen LogP contribution < -0.4 is 14.8 Å². The van der Waals surface area contributed by atoms with Crippen molar-refractivity contribution in [3.8, 4) is 11.5 Å². The summed E-state index contributed by atoms with van der Waals surface area (Å²) in [4.78, 5) is 24.2. The third-order valence-electron chi connectivity index (χ3n) is 4.23. The van der Waals surface area contributed by atoms with Crippen molar-refractivity contribution >= 4 is 17.6 Å². The van der Waals surface area contributed by atoms with E-state index in [9.17, 15) is 9.59 Å². The van der Waals surface area contributed by atoms with Crippen molar-refractivity contribution in [2.75, 3.05) is 25.6 Å². The van der Waals surface area contributed by atoms with E-state index in [1.165, 1.54) is 7.11 Å². The molecule has 1 N–H and O–H groups in total. The molecular weight excluding hydrogens is 334 g/mol. The molecular formula is C20H21NO5. The van der Waals surface area contributed by atoms with Crippen molar-refractivity contribution in [1.29, 1.82) is 0 Å². The van der Waals surface area contributed by atoms with E-state index in [4.69, 9.17) is 14.2 Å². The number of ether oxygens (including phenoxy) is 3. The monoisotopic (exact) mass is 355 g/mol. The molecule has 0 aromatic heterocycles. The number of carbonyl (C=O) groups excluding carboxylic acids is 2. The topological polar surface area (TPSA) is 73.9 Å². The highest BCUT2D eigenvalue weighted by Crippen LogP contribution is 2.34. The molecule has 0 saturated carbocycles. The Morgan fingerprint density at radius 3 is 2.62 bits per heavy atom. The van der Waals surface area contributed by atoms with Gasteiger partial charge in [-0.05, 0) is 35.7 Å². The molecule has 0 spiro atoms. The Bertz CT molecular complexity index is 818. The summed E-state index contributed by atoms with van der Waals surface area (Å²) < 4.78 is 15.9. The second-order valence-corrected chi connectivity index (χ2v) is 6.09. The van der Waals surface area contributed by atoms with E-state index in [2.05, 4.69) is 5.32 Å². The maximum Gasteiger partial charge on any atom is 0.339 e. The zero-order chi connectivity index (χ0) is 18.5. The molecule has 1 amide bonds. The molecule has 1 aliphatic heterocycles. The van der Waals surface area contributed by atoms with E-state index >= 15 is 0 Å². The first kappa shape index (κ1) is 17.8. The summed E-state index contributed by atoms with van der Waals surface area (Å²) in [6.07, 6.45) is 0.273. The first-order chi connectivity index (χ1) is 12.6. The second-order valence-electron chi connectivity index (χ2n) is 6.09. The number of methoxy groups -OCH3 is 1. The smallest absolute Gasteiger partial charge is 0.339 e. The number of carbonyl (C=O) groups is 2. The van der Waals surface area contributed by atoms with Gasteiger partial charge >= 0.3 is 5.97 Å². The molecule has 1 atom stereocenters. The number of esters is 1. The summed E-state index contributed by atoms with van der Waals surface area (Å²) in [5.41, 5.74) is 1.76. The zero-order valence-electron chi connectivity index (χ0n) is 14.8. The predicted molar refractivity (Wildman–Crippen MR) is 96.9 cm³/mol. The number of rotatable bonds is 5. The SMILES string of the molecule is COC(=O)c1ccccc1NC(=O)CC(C)c1ccc2c(c1)OCCO2. The van der Waals surface area contributed by atoms with Gasteiger partial charge in [0.05, 0.1) is 18.4 Å². The standard InChI is InChI=1S/C20H21NO5/c1-13(14-7-8-17-18(12-14)26-10-9-25-17)11-19(22)21-16-6-4-3-5-15(16)20(23)24-2/h3-8,12-13H,9-11H2,1-2H3,(H,21,22). The number of hydrogen-bond donors (Lipinski definition) is 1. The van der Waals surface area contributed by atoms with Gasteiger partial charge in [0, 0.05) is 6.42 Å². The fourth-order valence-corrected chi connectivity index (χ4v) is 2.84. The summed E-state index contributed by atoms with van der Waals surface area (Å²) in [6.45, 7) is 3.04. The number of para-hydroxylation sites is 1. The summed E-state index contributed by atoms with van der Waals surface area (Å²) in [7, 11) is 1.31. The third kappa shape index (κ3) is 3.96. The molecule has 136 valence electrons. The van der Waals surface area contributed by atoms with Crippen LogP contribution in [0, 0.1) is 0 Å². The summed E-state index contributed by atoms with van der Waals surface area (Å²) in [6, 6.07) is 12.5. The van der Waals surface area contributed by atoms with Gasteiger partial charge in [0.2, 0.25) is 5.91 Å². The van der Waals surface area contributed by atoms with Gasteiger partial charge < -0.3 is 19.5 Å². The lowest BCUT2D eigenvalue weighted by Gasteiger charge is -2.20. The van der Waals surface area contributed by atoms with Crippen LogP contribution >= 0.6 is 0 Å². The minimum Gasteiger partial charge on any atom is -0.486 e. The molecule has 3 rings (SSSR count). The van der Waals surface area contributed by atoms with Crippen molar-refractivity contribution in [1.82, 2.24) is 0 Å². The van der Waals surface area contributed by atoms with Gasteiger partial charge in [-0.1, -0.05) is 25.1 Å². The Morgan fingerprint density at radius 2 is 1.85 bits per heavy atom. The molecule has 0 radical (unpaired) electrons. The van der Waals surface area contributed by atoms with Gasteiger partial charge in [-0.3, -0.25) is 4.79 Å². The molecule has 26 heavy (non-hydrogen) atoms. The number of benzene rings is 2. The first-order valence-electron chi connectivity index (χ1n) is 8.45. The van der Waals surface area contributed by atoms with Gasteiger partial charge in [-0.25, -0.2) is 4.79 Å². The van der Waals surface area contributed by atoms with Crippen LogP contribution in [0.2, 0.25) is 0 Å². The molecule has 6 nitrogen and oxygen atoms in total. The largest absolute Gasteiger partial charge is 0.486 e. The Kier molecular flexibility index (Phi) is 5.41. The van der Waals surface area contributed by atoms with Crippen molar-refractivity contribution in [2.24, 2.45) is 0 Å². The number of amides is 1. The summed E-state index contributed by atoms with van der Waals surface area (Å²) in [5, 5.41) is 2.79. The number of fused-ring (bicyclic) bond motifs is 1. The van der Waals surface area contributed by atoms with Crippen LogP contribution in [0.25, 0.3) is 0 Å². The maximum absolute atomic E-state index is 12.4. The highest BCUT2D eigenvalue weighted by Gasteiger charge is 2.18. The average Bonchev–Trinajstić information content (AvgIpc) is 2.67. The average molecular weight is 355 g/mol. The minimum atomic E-state index is -0.485. The lowest BCUT2D eigenvalue weighted by molar-refractivity contribution is -0.116. The Balaban J connectivity index is 1.68. The minimum absolute atomic E-state index is 0.0175. The van der Waals surface area contributed by atoms with E-state index in [1.807, 2.05) is 25.1 Å².